The number of hydrogen-bond donors (Lipinski definition) is 1. The number of imidazole rings is 1. The average molecular weight is 483 g/mol. The third-order valence-corrected chi connectivity index (χ3v) is 8.39. The molecule has 8 nitrogen and oxygen atoms in total. The highest BCUT2D eigenvalue weighted by Gasteiger charge is 2.38. The Morgan fingerprint density at radius 1 is 1.09 bits per heavy atom. The van der Waals surface area contributed by atoms with Crippen molar-refractivity contribution in [2.24, 2.45) is 7.05 Å². The van der Waals surface area contributed by atoms with E-state index in [9.17, 15) is 13.5 Å². The van der Waals surface area contributed by atoms with Gasteiger partial charge >= 0.3 is 0 Å². The molecule has 2 aliphatic rings. The summed E-state index contributed by atoms with van der Waals surface area (Å²) in [6.07, 6.45) is 6.05. The third kappa shape index (κ3) is 4.55. The molecular weight excluding hydrogens is 452 g/mol. The van der Waals surface area contributed by atoms with Gasteiger partial charge < -0.3 is 14.4 Å². The van der Waals surface area contributed by atoms with E-state index in [1.807, 2.05) is 30.3 Å². The number of hydrogen-bond acceptors (Lipinski definition) is 6. The number of phenols is 1. The Bertz CT molecular complexity index is 1250. The van der Waals surface area contributed by atoms with Crippen molar-refractivity contribution < 1.29 is 18.3 Å². The molecular formula is C25H30N4O4S. The minimum absolute atomic E-state index is 0.0316. The highest BCUT2D eigenvalue weighted by molar-refractivity contribution is 7.89. The van der Waals surface area contributed by atoms with Gasteiger partial charge in [0.2, 0.25) is 0 Å². The van der Waals surface area contributed by atoms with E-state index in [0.29, 0.717) is 19.6 Å². The first-order chi connectivity index (χ1) is 16.4. The fourth-order valence-corrected chi connectivity index (χ4v) is 6.45. The molecule has 0 spiro atoms. The Kier molecular flexibility index (Phi) is 6.33. The number of aromatic nitrogens is 2. The van der Waals surface area contributed by atoms with E-state index in [1.165, 1.54) is 29.7 Å². The van der Waals surface area contributed by atoms with Gasteiger partial charge in [0, 0.05) is 26.3 Å². The van der Waals surface area contributed by atoms with Crippen LogP contribution in [-0.2, 0) is 23.5 Å². The maximum atomic E-state index is 13.6. The largest absolute Gasteiger partial charge is 0.508 e. The lowest BCUT2D eigenvalue weighted by Crippen LogP contribution is -2.40. The van der Waals surface area contributed by atoms with E-state index >= 15 is 0 Å². The third-order valence-electron chi connectivity index (χ3n) is 6.64. The van der Waals surface area contributed by atoms with Gasteiger partial charge in [-0.1, -0.05) is 18.2 Å². The van der Waals surface area contributed by atoms with Crippen LogP contribution in [0.3, 0.4) is 0 Å². The standard InChI is InChI=1S/C25H30N4O4S/c1-27-17-24(26-18-27)34(31,32)29-13-10-20-16-21(30)6-9-23(20)25(29)19-4-7-22(8-5-19)33-15-14-28-11-2-3-12-28/h4-9,16-18,25,30H,2-3,10-15H2,1H3. The predicted molar refractivity (Wildman–Crippen MR) is 128 cm³/mol. The molecule has 1 N–H and O–H groups in total. The first-order valence-electron chi connectivity index (χ1n) is 11.7. The Hall–Kier alpha value is -2.88. The quantitative estimate of drug-likeness (QED) is 0.557. The van der Waals surface area contributed by atoms with Gasteiger partial charge in [-0.2, -0.15) is 4.31 Å². The van der Waals surface area contributed by atoms with E-state index in [1.54, 1.807) is 23.7 Å². The monoisotopic (exact) mass is 482 g/mol. The van der Waals surface area contributed by atoms with Crippen molar-refractivity contribution in [1.82, 2.24) is 18.8 Å². The Labute approximate surface area is 200 Å². The van der Waals surface area contributed by atoms with E-state index in [4.69, 9.17) is 4.74 Å². The molecule has 2 aliphatic heterocycles. The summed E-state index contributed by atoms with van der Waals surface area (Å²) in [5.74, 6) is 0.948. The molecule has 2 aromatic carbocycles. The minimum Gasteiger partial charge on any atom is -0.508 e. The number of aryl methyl sites for hydroxylation is 1. The zero-order valence-electron chi connectivity index (χ0n) is 19.3. The lowest BCUT2D eigenvalue weighted by Gasteiger charge is -2.36. The molecule has 1 fully saturated rings. The number of ether oxygens (including phenoxy) is 1. The molecule has 1 atom stereocenters. The van der Waals surface area contributed by atoms with E-state index in [2.05, 4.69) is 9.88 Å². The summed E-state index contributed by atoms with van der Waals surface area (Å²) in [7, 11) is -2.07. The van der Waals surface area contributed by atoms with Crippen LogP contribution in [-0.4, -0.2) is 65.1 Å². The average Bonchev–Trinajstić information content (AvgIpc) is 3.51. The van der Waals surface area contributed by atoms with Gasteiger partial charge in [-0.15, -0.1) is 0 Å². The molecule has 3 heterocycles. The normalized spacial score (nSPS) is 19.3. The van der Waals surface area contributed by atoms with Crippen LogP contribution < -0.4 is 4.74 Å². The Balaban J connectivity index is 1.43. The zero-order valence-corrected chi connectivity index (χ0v) is 20.1. The van der Waals surface area contributed by atoms with Crippen LogP contribution in [0.1, 0.15) is 35.6 Å². The van der Waals surface area contributed by atoms with Crippen LogP contribution in [0.25, 0.3) is 0 Å². The molecule has 1 aromatic heterocycles. The molecule has 9 heteroatoms. The molecule has 180 valence electrons. The maximum absolute atomic E-state index is 13.6. The van der Waals surface area contributed by atoms with Gasteiger partial charge in [0.25, 0.3) is 10.0 Å². The highest BCUT2D eigenvalue weighted by atomic mass is 32.2. The second-order valence-electron chi connectivity index (χ2n) is 9.00. The number of likely N-dealkylation sites (tertiary alicyclic amines) is 1. The van der Waals surface area contributed by atoms with Crippen LogP contribution in [0.5, 0.6) is 11.5 Å². The first kappa shape index (κ1) is 22.9. The molecule has 34 heavy (non-hydrogen) atoms. The number of aromatic hydroxyl groups is 1. The van der Waals surface area contributed by atoms with Crippen molar-refractivity contribution >= 4 is 10.0 Å². The number of rotatable bonds is 7. The van der Waals surface area contributed by atoms with Gasteiger partial charge in [0.1, 0.15) is 18.1 Å². The molecule has 1 unspecified atom stereocenters. The smallest absolute Gasteiger partial charge is 0.262 e. The van der Waals surface area contributed by atoms with Gasteiger partial charge in [-0.25, -0.2) is 13.4 Å². The van der Waals surface area contributed by atoms with Gasteiger partial charge in [0.15, 0.2) is 5.03 Å². The Morgan fingerprint density at radius 2 is 1.85 bits per heavy atom. The van der Waals surface area contributed by atoms with Crippen molar-refractivity contribution in [2.75, 3.05) is 32.8 Å². The summed E-state index contributed by atoms with van der Waals surface area (Å²) in [5, 5.41) is 10.0. The molecule has 5 rings (SSSR count). The SMILES string of the molecule is Cn1cnc(S(=O)(=O)N2CCc3cc(O)ccc3C2c2ccc(OCCN3CCCC3)cc2)c1. The van der Waals surface area contributed by atoms with Crippen LogP contribution in [0, 0.1) is 0 Å². The lowest BCUT2D eigenvalue weighted by molar-refractivity contribution is 0.237. The van der Waals surface area contributed by atoms with Gasteiger partial charge in [-0.3, -0.25) is 4.90 Å². The van der Waals surface area contributed by atoms with Gasteiger partial charge in [0.05, 0.1) is 12.4 Å². The number of nitrogens with zero attached hydrogens (tertiary/aromatic N) is 4. The molecule has 3 aromatic rings. The molecule has 0 amide bonds. The second-order valence-corrected chi connectivity index (χ2v) is 10.8. The van der Waals surface area contributed by atoms with Crippen LogP contribution in [0.15, 0.2) is 60.0 Å². The summed E-state index contributed by atoms with van der Waals surface area (Å²) >= 11 is 0. The Morgan fingerprint density at radius 3 is 2.56 bits per heavy atom. The van der Waals surface area contributed by atoms with Crippen LogP contribution in [0.2, 0.25) is 0 Å². The summed E-state index contributed by atoms with van der Waals surface area (Å²) in [5.41, 5.74) is 2.66. The van der Waals surface area contributed by atoms with E-state index < -0.39 is 16.1 Å². The van der Waals surface area contributed by atoms with Crippen LogP contribution in [0.4, 0.5) is 0 Å². The van der Waals surface area contributed by atoms with Crippen molar-refractivity contribution in [3.63, 3.8) is 0 Å². The summed E-state index contributed by atoms with van der Waals surface area (Å²) in [6.45, 7) is 4.12. The maximum Gasteiger partial charge on any atom is 0.262 e. The van der Waals surface area contributed by atoms with Crippen molar-refractivity contribution in [3.8, 4) is 11.5 Å². The number of fused-ring (bicyclic) bond motifs is 1. The molecule has 0 bridgehead atoms. The summed E-state index contributed by atoms with van der Waals surface area (Å²) in [6, 6.07) is 12.3. The number of phenolic OH excluding ortho intramolecular Hbond substituents is 1. The van der Waals surface area contributed by atoms with Crippen molar-refractivity contribution in [3.05, 3.63) is 71.7 Å². The molecule has 0 saturated carbocycles. The zero-order chi connectivity index (χ0) is 23.7. The van der Waals surface area contributed by atoms with Crippen LogP contribution >= 0.6 is 0 Å². The van der Waals surface area contributed by atoms with Gasteiger partial charge in [-0.05, 0) is 73.3 Å². The lowest BCUT2D eigenvalue weighted by atomic mass is 9.89. The van der Waals surface area contributed by atoms with E-state index in [0.717, 1.165) is 42.1 Å². The molecule has 1 saturated heterocycles. The first-order valence-corrected chi connectivity index (χ1v) is 13.1. The fourth-order valence-electron chi connectivity index (χ4n) is 4.88. The topological polar surface area (TPSA) is 87.9 Å². The number of benzene rings is 2. The second kappa shape index (κ2) is 9.40. The summed E-state index contributed by atoms with van der Waals surface area (Å²) in [4.78, 5) is 6.52. The highest BCUT2D eigenvalue weighted by Crippen LogP contribution is 2.40. The number of sulfonamides is 1. The van der Waals surface area contributed by atoms with E-state index in [-0.39, 0.29) is 10.8 Å². The van der Waals surface area contributed by atoms with Crippen molar-refractivity contribution in [1.29, 1.82) is 0 Å². The fraction of sp³-hybridized carbons (Fsp3) is 0.400. The minimum atomic E-state index is -3.82. The van der Waals surface area contributed by atoms with Crippen molar-refractivity contribution in [2.45, 2.75) is 30.3 Å². The predicted octanol–water partition coefficient (Wildman–Crippen LogP) is 2.94. The molecule has 0 aliphatic carbocycles. The summed E-state index contributed by atoms with van der Waals surface area (Å²) < 4.78 is 36.2. The molecule has 0 radical (unpaired) electrons.